The van der Waals surface area contributed by atoms with E-state index in [1.54, 1.807) is 12.1 Å². The molecule has 0 bridgehead atoms. The molecule has 0 atom stereocenters. The molecule has 24 heavy (non-hydrogen) atoms. The van der Waals surface area contributed by atoms with Crippen LogP contribution in [0.4, 0.5) is 16.2 Å². The second kappa shape index (κ2) is 7.21. The Balaban J connectivity index is 1.95. The minimum atomic E-state index is -0.228. The summed E-state index contributed by atoms with van der Waals surface area (Å²) in [5.41, 5.74) is 8.49. The van der Waals surface area contributed by atoms with Crippen molar-refractivity contribution >= 4 is 22.8 Å². The summed E-state index contributed by atoms with van der Waals surface area (Å²) >= 11 is 0. The standard InChI is InChI=1S/C18H20FN5/c1-2-3-10-21-17-16-15(23-18(20)24-17)9-8-13(22-16)11-12-6-4-5-7-14(12)19/h4-9H,2-3,10-11H2,1H3,(H3,20,21,23,24). The van der Waals surface area contributed by atoms with Gasteiger partial charge in [-0.15, -0.1) is 0 Å². The van der Waals surface area contributed by atoms with Gasteiger partial charge in [0, 0.05) is 18.7 Å². The van der Waals surface area contributed by atoms with Gasteiger partial charge in [0.2, 0.25) is 5.95 Å². The van der Waals surface area contributed by atoms with Gasteiger partial charge in [-0.25, -0.2) is 14.4 Å². The molecule has 0 saturated heterocycles. The SMILES string of the molecule is CCCCNc1nc(N)nc2ccc(Cc3ccccc3F)nc12. The normalized spacial score (nSPS) is 10.9. The second-order valence-corrected chi connectivity index (χ2v) is 5.65. The fourth-order valence-electron chi connectivity index (χ4n) is 2.51. The van der Waals surface area contributed by atoms with Gasteiger partial charge in [-0.1, -0.05) is 31.5 Å². The van der Waals surface area contributed by atoms with Crippen molar-refractivity contribution in [1.29, 1.82) is 0 Å². The van der Waals surface area contributed by atoms with Gasteiger partial charge < -0.3 is 11.1 Å². The molecule has 0 aliphatic carbocycles. The van der Waals surface area contributed by atoms with Crippen LogP contribution in [0.25, 0.3) is 11.0 Å². The molecule has 6 heteroatoms. The third-order valence-corrected chi connectivity index (χ3v) is 3.77. The number of hydrogen-bond donors (Lipinski definition) is 2. The Labute approximate surface area is 140 Å². The summed E-state index contributed by atoms with van der Waals surface area (Å²) in [6, 6.07) is 10.4. The van der Waals surface area contributed by atoms with E-state index in [0.29, 0.717) is 28.8 Å². The Kier molecular flexibility index (Phi) is 4.84. The topological polar surface area (TPSA) is 76.7 Å². The third-order valence-electron chi connectivity index (χ3n) is 3.77. The molecule has 5 nitrogen and oxygen atoms in total. The van der Waals surface area contributed by atoms with Crippen molar-refractivity contribution in [1.82, 2.24) is 15.0 Å². The van der Waals surface area contributed by atoms with Crippen molar-refractivity contribution in [3.8, 4) is 0 Å². The minimum Gasteiger partial charge on any atom is -0.368 e. The number of aromatic nitrogens is 3. The van der Waals surface area contributed by atoms with E-state index < -0.39 is 0 Å². The fourth-order valence-corrected chi connectivity index (χ4v) is 2.51. The molecule has 0 unspecified atom stereocenters. The van der Waals surface area contributed by atoms with E-state index in [-0.39, 0.29) is 11.8 Å². The highest BCUT2D eigenvalue weighted by molar-refractivity contribution is 5.86. The third kappa shape index (κ3) is 3.59. The summed E-state index contributed by atoms with van der Waals surface area (Å²) in [6.07, 6.45) is 2.53. The molecular weight excluding hydrogens is 305 g/mol. The molecule has 1 aromatic carbocycles. The quantitative estimate of drug-likeness (QED) is 0.678. The highest BCUT2D eigenvalue weighted by atomic mass is 19.1. The van der Waals surface area contributed by atoms with Crippen molar-refractivity contribution in [3.05, 3.63) is 53.5 Å². The second-order valence-electron chi connectivity index (χ2n) is 5.65. The fraction of sp³-hybridized carbons (Fsp3) is 0.278. The van der Waals surface area contributed by atoms with Crippen LogP contribution in [0.3, 0.4) is 0 Å². The maximum Gasteiger partial charge on any atom is 0.222 e. The number of pyridine rings is 1. The summed E-state index contributed by atoms with van der Waals surface area (Å²) in [5.74, 6) is 0.612. The first-order chi connectivity index (χ1) is 11.7. The number of rotatable bonds is 6. The van der Waals surface area contributed by atoms with Crippen LogP contribution >= 0.6 is 0 Å². The molecule has 0 spiro atoms. The Bertz CT molecular complexity index is 850. The zero-order valence-electron chi connectivity index (χ0n) is 13.6. The van der Waals surface area contributed by atoms with E-state index in [1.807, 2.05) is 18.2 Å². The van der Waals surface area contributed by atoms with E-state index in [4.69, 9.17) is 5.73 Å². The van der Waals surface area contributed by atoms with E-state index in [1.165, 1.54) is 6.07 Å². The van der Waals surface area contributed by atoms with Gasteiger partial charge in [0.25, 0.3) is 0 Å². The first kappa shape index (κ1) is 16.1. The monoisotopic (exact) mass is 325 g/mol. The summed E-state index contributed by atoms with van der Waals surface area (Å²) < 4.78 is 13.8. The number of nitrogens with one attached hydrogen (secondary N) is 1. The number of nitrogen functional groups attached to an aromatic ring is 1. The highest BCUT2D eigenvalue weighted by Gasteiger charge is 2.10. The van der Waals surface area contributed by atoms with Crippen LogP contribution in [0.1, 0.15) is 31.0 Å². The van der Waals surface area contributed by atoms with Crippen LogP contribution < -0.4 is 11.1 Å². The average molecular weight is 325 g/mol. The lowest BCUT2D eigenvalue weighted by atomic mass is 10.1. The molecule has 3 aromatic rings. The van der Waals surface area contributed by atoms with Crippen LogP contribution in [0.15, 0.2) is 36.4 Å². The first-order valence-electron chi connectivity index (χ1n) is 8.08. The van der Waals surface area contributed by atoms with Crippen molar-refractivity contribution in [2.45, 2.75) is 26.2 Å². The van der Waals surface area contributed by atoms with E-state index >= 15 is 0 Å². The van der Waals surface area contributed by atoms with Crippen LogP contribution in [0.2, 0.25) is 0 Å². The number of anilines is 2. The van der Waals surface area contributed by atoms with E-state index in [0.717, 1.165) is 25.1 Å². The molecule has 3 N–H and O–H groups in total. The van der Waals surface area contributed by atoms with E-state index in [2.05, 4.69) is 27.2 Å². The Hall–Kier alpha value is -2.76. The molecular formula is C18H20FN5. The van der Waals surface area contributed by atoms with E-state index in [9.17, 15) is 4.39 Å². The minimum absolute atomic E-state index is 0.213. The van der Waals surface area contributed by atoms with Gasteiger partial charge in [0.05, 0.1) is 5.52 Å². The lowest BCUT2D eigenvalue weighted by Crippen LogP contribution is -2.08. The Morgan fingerprint density at radius 2 is 1.92 bits per heavy atom. The van der Waals surface area contributed by atoms with Crippen LogP contribution in [-0.2, 0) is 6.42 Å². The van der Waals surface area contributed by atoms with Gasteiger partial charge >= 0.3 is 0 Å². The maximum absolute atomic E-state index is 13.8. The van der Waals surface area contributed by atoms with Crippen molar-refractivity contribution in [3.63, 3.8) is 0 Å². The average Bonchev–Trinajstić information content (AvgIpc) is 2.57. The lowest BCUT2D eigenvalue weighted by molar-refractivity contribution is 0.613. The van der Waals surface area contributed by atoms with Crippen molar-refractivity contribution < 1.29 is 4.39 Å². The van der Waals surface area contributed by atoms with Crippen LogP contribution in [-0.4, -0.2) is 21.5 Å². The van der Waals surface area contributed by atoms with Gasteiger partial charge in [-0.3, -0.25) is 0 Å². The lowest BCUT2D eigenvalue weighted by Gasteiger charge is -2.10. The molecule has 0 aliphatic heterocycles. The summed E-state index contributed by atoms with van der Waals surface area (Å²) in [4.78, 5) is 13.1. The molecule has 0 amide bonds. The van der Waals surface area contributed by atoms with Crippen molar-refractivity contribution in [2.75, 3.05) is 17.6 Å². The van der Waals surface area contributed by atoms with Crippen LogP contribution in [0.5, 0.6) is 0 Å². The molecule has 3 rings (SSSR count). The first-order valence-corrected chi connectivity index (χ1v) is 8.08. The Morgan fingerprint density at radius 3 is 2.71 bits per heavy atom. The zero-order valence-corrected chi connectivity index (χ0v) is 13.6. The molecule has 124 valence electrons. The number of fused-ring (bicyclic) bond motifs is 1. The van der Waals surface area contributed by atoms with Gasteiger partial charge in [0.1, 0.15) is 11.3 Å². The van der Waals surface area contributed by atoms with Crippen molar-refractivity contribution in [2.24, 2.45) is 0 Å². The van der Waals surface area contributed by atoms with Gasteiger partial charge in [-0.2, -0.15) is 4.98 Å². The molecule has 2 heterocycles. The molecule has 0 aliphatic rings. The van der Waals surface area contributed by atoms with Gasteiger partial charge in [-0.05, 0) is 30.2 Å². The summed E-state index contributed by atoms with van der Waals surface area (Å²) in [6.45, 7) is 2.92. The van der Waals surface area contributed by atoms with Gasteiger partial charge in [0.15, 0.2) is 5.82 Å². The molecule has 0 fully saturated rings. The predicted octanol–water partition coefficient (Wildman–Crippen LogP) is 3.55. The number of nitrogens with zero attached hydrogens (tertiary/aromatic N) is 3. The number of nitrogens with two attached hydrogens (primary N) is 1. The maximum atomic E-state index is 13.8. The summed E-state index contributed by atoms with van der Waals surface area (Å²) in [7, 11) is 0. The smallest absolute Gasteiger partial charge is 0.222 e. The van der Waals surface area contributed by atoms with Crippen LogP contribution in [0, 0.1) is 5.82 Å². The Morgan fingerprint density at radius 1 is 1.08 bits per heavy atom. The molecule has 0 saturated carbocycles. The number of benzene rings is 1. The number of unbranched alkanes of at least 4 members (excludes halogenated alkanes) is 1. The predicted molar refractivity (Wildman–Crippen MR) is 94.3 cm³/mol. The number of halogens is 1. The highest BCUT2D eigenvalue weighted by Crippen LogP contribution is 2.21. The molecule has 2 aromatic heterocycles. The number of hydrogen-bond acceptors (Lipinski definition) is 5. The zero-order chi connectivity index (χ0) is 16.9. The summed E-state index contributed by atoms with van der Waals surface area (Å²) in [5, 5.41) is 3.26. The largest absolute Gasteiger partial charge is 0.368 e. The molecule has 0 radical (unpaired) electrons.